The van der Waals surface area contributed by atoms with Gasteiger partial charge in [0.25, 0.3) is 0 Å². The smallest absolute Gasteiger partial charge is 0.310 e. The molecule has 0 amide bonds. The van der Waals surface area contributed by atoms with E-state index < -0.39 is 0 Å². The molecule has 0 bridgehead atoms. The van der Waals surface area contributed by atoms with Gasteiger partial charge in [-0.15, -0.1) is 0 Å². The van der Waals surface area contributed by atoms with Crippen LogP contribution in [0.1, 0.15) is 34.0 Å². The quantitative estimate of drug-likeness (QED) is 0.585. The fraction of sp³-hybridized carbons (Fsp3) is 0.308. The molecule has 0 radical (unpaired) electrons. The average molecular weight is 231 g/mol. The Morgan fingerprint density at radius 1 is 1.53 bits per heavy atom. The van der Waals surface area contributed by atoms with Gasteiger partial charge in [-0.3, -0.25) is 9.59 Å². The number of ether oxygens (including phenoxy) is 1. The molecule has 0 heterocycles. The minimum atomic E-state index is -0.372. The van der Waals surface area contributed by atoms with E-state index in [9.17, 15) is 9.59 Å². The highest BCUT2D eigenvalue weighted by molar-refractivity contribution is 5.83. The monoisotopic (exact) mass is 231 g/mol. The van der Waals surface area contributed by atoms with Gasteiger partial charge in [0.2, 0.25) is 0 Å². The van der Waals surface area contributed by atoms with E-state index in [0.29, 0.717) is 29.6 Å². The first-order valence-corrected chi connectivity index (χ1v) is 5.26. The molecule has 4 nitrogen and oxygen atoms in total. The number of nitriles is 1. The highest BCUT2D eigenvalue weighted by Gasteiger charge is 2.12. The molecule has 4 heteroatoms. The number of esters is 1. The van der Waals surface area contributed by atoms with Crippen molar-refractivity contribution in [2.24, 2.45) is 0 Å². The third-order valence-corrected chi connectivity index (χ3v) is 2.39. The van der Waals surface area contributed by atoms with Crippen molar-refractivity contribution in [2.45, 2.75) is 20.3 Å². The first-order chi connectivity index (χ1) is 8.12. The van der Waals surface area contributed by atoms with Crippen molar-refractivity contribution in [3.8, 4) is 6.07 Å². The molecule has 88 valence electrons. The van der Waals surface area contributed by atoms with Gasteiger partial charge in [0, 0.05) is 5.56 Å². The first kappa shape index (κ1) is 12.9. The van der Waals surface area contributed by atoms with E-state index in [1.54, 1.807) is 19.9 Å². The van der Waals surface area contributed by atoms with Gasteiger partial charge in [0.15, 0.2) is 0 Å². The predicted octanol–water partition coefficient (Wildman–Crippen LogP) is 1.78. The van der Waals surface area contributed by atoms with Gasteiger partial charge >= 0.3 is 5.97 Å². The fourth-order valence-electron chi connectivity index (χ4n) is 1.61. The zero-order valence-corrected chi connectivity index (χ0v) is 9.82. The lowest BCUT2D eigenvalue weighted by Crippen LogP contribution is -2.10. The second-order valence-electron chi connectivity index (χ2n) is 3.57. The van der Waals surface area contributed by atoms with Crippen molar-refractivity contribution < 1.29 is 14.3 Å². The number of hydrogen-bond donors (Lipinski definition) is 0. The summed E-state index contributed by atoms with van der Waals surface area (Å²) in [7, 11) is 0. The van der Waals surface area contributed by atoms with Crippen molar-refractivity contribution in [1.82, 2.24) is 0 Å². The molecule has 0 saturated heterocycles. The maximum absolute atomic E-state index is 11.4. The van der Waals surface area contributed by atoms with Gasteiger partial charge in [-0.05, 0) is 37.1 Å². The number of carbonyl (C=O) groups excluding carboxylic acids is 2. The van der Waals surface area contributed by atoms with E-state index in [0.717, 1.165) is 5.56 Å². The molecule has 0 saturated carbocycles. The Morgan fingerprint density at radius 2 is 2.24 bits per heavy atom. The molecular weight excluding hydrogens is 218 g/mol. The molecule has 0 aromatic heterocycles. The van der Waals surface area contributed by atoms with Gasteiger partial charge < -0.3 is 4.74 Å². The van der Waals surface area contributed by atoms with Crippen LogP contribution in [0.15, 0.2) is 12.1 Å². The van der Waals surface area contributed by atoms with Crippen LogP contribution in [0.25, 0.3) is 0 Å². The highest BCUT2D eigenvalue weighted by atomic mass is 16.5. The van der Waals surface area contributed by atoms with Gasteiger partial charge in [-0.1, -0.05) is 0 Å². The van der Waals surface area contributed by atoms with Gasteiger partial charge in [-0.2, -0.15) is 5.26 Å². The SMILES string of the molecule is CCOC(=O)Cc1c(C)cc(C#N)cc1C=O. The predicted molar refractivity (Wildman–Crippen MR) is 61.6 cm³/mol. The Kier molecular flexibility index (Phi) is 4.41. The molecule has 0 atom stereocenters. The summed E-state index contributed by atoms with van der Waals surface area (Å²) in [5.41, 5.74) is 2.16. The van der Waals surface area contributed by atoms with Crippen LogP contribution in [0.2, 0.25) is 0 Å². The minimum Gasteiger partial charge on any atom is -0.466 e. The Hall–Kier alpha value is -2.15. The molecule has 17 heavy (non-hydrogen) atoms. The normalized spacial score (nSPS) is 9.47. The van der Waals surface area contributed by atoms with Crippen molar-refractivity contribution >= 4 is 12.3 Å². The van der Waals surface area contributed by atoms with Crippen molar-refractivity contribution in [3.63, 3.8) is 0 Å². The van der Waals surface area contributed by atoms with Gasteiger partial charge in [0.1, 0.15) is 6.29 Å². The largest absolute Gasteiger partial charge is 0.466 e. The highest BCUT2D eigenvalue weighted by Crippen LogP contribution is 2.17. The van der Waals surface area contributed by atoms with Crippen LogP contribution < -0.4 is 0 Å². The summed E-state index contributed by atoms with van der Waals surface area (Å²) >= 11 is 0. The molecule has 1 aromatic carbocycles. The molecule has 0 N–H and O–H groups in total. The van der Waals surface area contributed by atoms with Crippen LogP contribution in [0.5, 0.6) is 0 Å². The second-order valence-corrected chi connectivity index (χ2v) is 3.57. The lowest BCUT2D eigenvalue weighted by Gasteiger charge is -2.09. The van der Waals surface area contributed by atoms with E-state index in [1.807, 2.05) is 6.07 Å². The maximum atomic E-state index is 11.4. The number of rotatable bonds is 4. The number of carbonyl (C=O) groups is 2. The molecule has 1 rings (SSSR count). The second kappa shape index (κ2) is 5.80. The molecule has 0 unspecified atom stereocenters. The van der Waals surface area contributed by atoms with Crippen LogP contribution in [-0.2, 0) is 16.0 Å². The lowest BCUT2D eigenvalue weighted by molar-refractivity contribution is -0.142. The van der Waals surface area contributed by atoms with Crippen molar-refractivity contribution in [2.75, 3.05) is 6.61 Å². The summed E-state index contributed by atoms with van der Waals surface area (Å²) < 4.78 is 4.84. The fourth-order valence-corrected chi connectivity index (χ4v) is 1.61. The summed E-state index contributed by atoms with van der Waals surface area (Å²) in [6, 6.07) is 5.11. The first-order valence-electron chi connectivity index (χ1n) is 5.26. The van der Waals surface area contributed by atoms with E-state index in [-0.39, 0.29) is 12.4 Å². The summed E-state index contributed by atoms with van der Waals surface area (Å²) in [5.74, 6) is -0.372. The van der Waals surface area contributed by atoms with Gasteiger partial charge in [-0.25, -0.2) is 0 Å². The minimum absolute atomic E-state index is 0.0550. The van der Waals surface area contributed by atoms with E-state index in [4.69, 9.17) is 10.00 Å². The molecule has 0 aliphatic rings. The molecule has 0 spiro atoms. The van der Waals surface area contributed by atoms with Crippen LogP contribution in [0.3, 0.4) is 0 Å². The summed E-state index contributed by atoms with van der Waals surface area (Å²) in [6.45, 7) is 3.80. The topological polar surface area (TPSA) is 67.2 Å². The molecule has 0 fully saturated rings. The average Bonchev–Trinajstić information content (AvgIpc) is 2.31. The standard InChI is InChI=1S/C13H13NO3/c1-3-17-13(16)6-12-9(2)4-10(7-14)5-11(12)8-15/h4-5,8H,3,6H2,1-2H3. The molecular formula is C13H13NO3. The van der Waals surface area contributed by atoms with E-state index in [2.05, 4.69) is 0 Å². The third kappa shape index (κ3) is 3.15. The number of nitrogens with zero attached hydrogens (tertiary/aromatic N) is 1. The number of aldehydes is 1. The Labute approximate surface area is 99.8 Å². The number of aryl methyl sites for hydroxylation is 1. The van der Waals surface area contributed by atoms with Crippen LogP contribution >= 0.6 is 0 Å². The maximum Gasteiger partial charge on any atom is 0.310 e. The van der Waals surface area contributed by atoms with E-state index in [1.165, 1.54) is 6.07 Å². The summed E-state index contributed by atoms with van der Waals surface area (Å²) in [5, 5.41) is 8.78. The lowest BCUT2D eigenvalue weighted by atomic mass is 9.97. The zero-order chi connectivity index (χ0) is 12.8. The van der Waals surface area contributed by atoms with Crippen molar-refractivity contribution in [3.05, 3.63) is 34.4 Å². The number of benzene rings is 1. The molecule has 1 aromatic rings. The van der Waals surface area contributed by atoms with Crippen LogP contribution in [-0.4, -0.2) is 18.9 Å². The summed E-state index contributed by atoms with van der Waals surface area (Å²) in [4.78, 5) is 22.3. The number of hydrogen-bond acceptors (Lipinski definition) is 4. The van der Waals surface area contributed by atoms with E-state index >= 15 is 0 Å². The molecule has 0 aliphatic heterocycles. The Morgan fingerprint density at radius 3 is 2.76 bits per heavy atom. The van der Waals surface area contributed by atoms with Crippen LogP contribution in [0.4, 0.5) is 0 Å². The third-order valence-electron chi connectivity index (χ3n) is 2.39. The Bertz CT molecular complexity index is 486. The van der Waals surface area contributed by atoms with Crippen LogP contribution in [0, 0.1) is 18.3 Å². The summed E-state index contributed by atoms with van der Waals surface area (Å²) in [6.07, 6.45) is 0.710. The Balaban J connectivity index is 3.11. The zero-order valence-electron chi connectivity index (χ0n) is 9.82. The van der Waals surface area contributed by atoms with Gasteiger partial charge in [0.05, 0.1) is 24.7 Å². The molecule has 0 aliphatic carbocycles. The van der Waals surface area contributed by atoms with Crippen molar-refractivity contribution in [1.29, 1.82) is 5.26 Å².